The molecule has 0 aromatic carbocycles. The normalized spacial score (nSPS) is 16.2. The van der Waals surface area contributed by atoms with Crippen molar-refractivity contribution in [3.63, 3.8) is 0 Å². The summed E-state index contributed by atoms with van der Waals surface area (Å²) >= 11 is 3.33. The van der Waals surface area contributed by atoms with Crippen LogP contribution in [0.2, 0.25) is 0 Å². The van der Waals surface area contributed by atoms with Crippen molar-refractivity contribution in [2.24, 2.45) is 0 Å². The molecule has 0 aromatic heterocycles. The van der Waals surface area contributed by atoms with Gasteiger partial charge in [-0.05, 0) is 6.92 Å². The van der Waals surface area contributed by atoms with Gasteiger partial charge < -0.3 is 5.32 Å². The van der Waals surface area contributed by atoms with Crippen molar-refractivity contribution in [3.8, 4) is 6.19 Å². The molecule has 0 spiro atoms. The average molecular weight is 177 g/mol. The van der Waals surface area contributed by atoms with Gasteiger partial charge in [-0.2, -0.15) is 5.26 Å². The number of halogens is 1. The topological polar surface area (TPSA) is 35.8 Å². The van der Waals surface area contributed by atoms with E-state index in [1.807, 2.05) is 20.0 Å². The van der Waals surface area contributed by atoms with Crippen LogP contribution < -0.4 is 5.32 Å². The van der Waals surface area contributed by atoms with Crippen LogP contribution in [0.15, 0.2) is 0 Å². The molecule has 0 amide bonds. The van der Waals surface area contributed by atoms with Gasteiger partial charge in [0.05, 0.1) is 0 Å². The molecule has 0 bridgehead atoms. The molecule has 2 nitrogen and oxygen atoms in total. The zero-order valence-electron chi connectivity index (χ0n) is 4.98. The molecule has 8 heavy (non-hydrogen) atoms. The maximum atomic E-state index is 8.10. The van der Waals surface area contributed by atoms with Gasteiger partial charge >= 0.3 is 0 Å². The number of hydrogen-bond donors (Lipinski definition) is 1. The lowest BCUT2D eigenvalue weighted by atomic mass is 10.3. The lowest BCUT2D eigenvalue weighted by Gasteiger charge is -2.09. The molecule has 1 N–H and O–H groups in total. The zero-order valence-corrected chi connectivity index (χ0v) is 6.57. The van der Waals surface area contributed by atoms with Crippen LogP contribution in [-0.4, -0.2) is 10.9 Å². The van der Waals surface area contributed by atoms with Gasteiger partial charge in [0, 0.05) is 10.9 Å². The van der Waals surface area contributed by atoms with Gasteiger partial charge in [0.2, 0.25) is 0 Å². The molecule has 0 fully saturated rings. The Hall–Kier alpha value is -0.230. The van der Waals surface area contributed by atoms with Gasteiger partial charge in [0.15, 0.2) is 6.19 Å². The highest BCUT2D eigenvalue weighted by Crippen LogP contribution is 2.01. The summed E-state index contributed by atoms with van der Waals surface area (Å²) in [5.74, 6) is 0. The number of nitriles is 1. The van der Waals surface area contributed by atoms with Gasteiger partial charge in [-0.3, -0.25) is 0 Å². The van der Waals surface area contributed by atoms with Crippen LogP contribution in [-0.2, 0) is 0 Å². The highest BCUT2D eigenvalue weighted by molar-refractivity contribution is 9.09. The molecule has 0 saturated carbocycles. The first-order valence-corrected chi connectivity index (χ1v) is 3.38. The fraction of sp³-hybridized carbons (Fsp3) is 0.800. The molecule has 0 aromatic rings. The van der Waals surface area contributed by atoms with E-state index in [1.165, 1.54) is 0 Å². The van der Waals surface area contributed by atoms with Crippen LogP contribution >= 0.6 is 15.9 Å². The van der Waals surface area contributed by atoms with Crippen LogP contribution in [0, 0.1) is 11.5 Å². The molecule has 46 valence electrons. The molecule has 0 heterocycles. The van der Waals surface area contributed by atoms with Crippen molar-refractivity contribution in [3.05, 3.63) is 0 Å². The van der Waals surface area contributed by atoms with E-state index in [4.69, 9.17) is 5.26 Å². The summed E-state index contributed by atoms with van der Waals surface area (Å²) in [6.45, 7) is 3.94. The third-order valence-electron chi connectivity index (χ3n) is 0.981. The summed E-state index contributed by atoms with van der Waals surface area (Å²) in [5.41, 5.74) is 0. The van der Waals surface area contributed by atoms with Crippen LogP contribution in [0.3, 0.4) is 0 Å². The Kier molecular flexibility index (Phi) is 3.63. The molecule has 2 atom stereocenters. The SMILES string of the molecule is C[C@H](Br)[C@H](C)NC#N. The predicted molar refractivity (Wildman–Crippen MR) is 36.6 cm³/mol. The second-order valence-electron chi connectivity index (χ2n) is 1.72. The third kappa shape index (κ3) is 2.86. The molecule has 0 aliphatic carbocycles. The van der Waals surface area contributed by atoms with E-state index in [-0.39, 0.29) is 6.04 Å². The minimum Gasteiger partial charge on any atom is -0.320 e. The largest absolute Gasteiger partial charge is 0.320 e. The smallest absolute Gasteiger partial charge is 0.176 e. The zero-order chi connectivity index (χ0) is 6.57. The Labute approximate surface area is 58.0 Å². The third-order valence-corrected chi connectivity index (χ3v) is 1.77. The summed E-state index contributed by atoms with van der Waals surface area (Å²) in [6, 6.07) is 0.222. The van der Waals surface area contributed by atoms with Gasteiger partial charge in [-0.1, -0.05) is 22.9 Å². The van der Waals surface area contributed by atoms with E-state index in [0.717, 1.165) is 0 Å². The standard InChI is InChI=1S/C5H9BrN2/c1-4(6)5(2)8-3-7/h4-5,8H,1-2H3/t4-,5-/m0/s1. The molecule has 3 heteroatoms. The maximum absolute atomic E-state index is 8.10. The fourth-order valence-corrected chi connectivity index (χ4v) is 0.349. The van der Waals surface area contributed by atoms with Crippen molar-refractivity contribution in [1.29, 1.82) is 5.26 Å². The van der Waals surface area contributed by atoms with E-state index in [1.54, 1.807) is 0 Å². The number of hydrogen-bond acceptors (Lipinski definition) is 2. The summed E-state index contributed by atoms with van der Waals surface area (Å²) in [5, 5.41) is 10.7. The maximum Gasteiger partial charge on any atom is 0.176 e. The minimum absolute atomic E-state index is 0.222. The van der Waals surface area contributed by atoms with E-state index >= 15 is 0 Å². The number of nitrogens with zero attached hydrogens (tertiary/aromatic N) is 1. The minimum atomic E-state index is 0.222. The average Bonchev–Trinajstić information content (AvgIpc) is 1.67. The Balaban J connectivity index is 3.35. The highest BCUT2D eigenvalue weighted by atomic mass is 79.9. The fourth-order valence-electron chi connectivity index (χ4n) is 0.217. The lowest BCUT2D eigenvalue weighted by molar-refractivity contribution is 0.648. The number of rotatable bonds is 2. The Morgan fingerprint density at radius 3 is 2.25 bits per heavy atom. The van der Waals surface area contributed by atoms with Crippen LogP contribution in [0.25, 0.3) is 0 Å². The molecule has 0 unspecified atom stereocenters. The lowest BCUT2D eigenvalue weighted by Crippen LogP contribution is -2.28. The van der Waals surface area contributed by atoms with Crippen LogP contribution in [0.4, 0.5) is 0 Å². The molecular weight excluding hydrogens is 168 g/mol. The molecule has 0 aliphatic rings. The second-order valence-corrected chi connectivity index (χ2v) is 3.17. The Morgan fingerprint density at radius 1 is 1.62 bits per heavy atom. The van der Waals surface area contributed by atoms with Crippen molar-refractivity contribution in [1.82, 2.24) is 5.32 Å². The van der Waals surface area contributed by atoms with Crippen molar-refractivity contribution < 1.29 is 0 Å². The number of nitrogens with one attached hydrogen (secondary N) is 1. The first-order valence-electron chi connectivity index (χ1n) is 2.47. The molecular formula is C5H9BrN2. The van der Waals surface area contributed by atoms with Gasteiger partial charge in [0.1, 0.15) is 0 Å². The van der Waals surface area contributed by atoms with Crippen molar-refractivity contribution in [2.45, 2.75) is 24.7 Å². The van der Waals surface area contributed by atoms with E-state index < -0.39 is 0 Å². The van der Waals surface area contributed by atoms with Crippen molar-refractivity contribution in [2.75, 3.05) is 0 Å². The predicted octanol–water partition coefficient (Wildman–Crippen LogP) is 1.23. The molecule has 0 saturated heterocycles. The number of alkyl halides is 1. The first kappa shape index (κ1) is 7.77. The van der Waals surface area contributed by atoms with Gasteiger partial charge in [0.25, 0.3) is 0 Å². The summed E-state index contributed by atoms with van der Waals surface area (Å²) in [6.07, 6.45) is 1.87. The Bertz CT molecular complexity index is 95.1. The van der Waals surface area contributed by atoms with Crippen LogP contribution in [0.1, 0.15) is 13.8 Å². The Morgan fingerprint density at radius 2 is 2.12 bits per heavy atom. The monoisotopic (exact) mass is 176 g/mol. The van der Waals surface area contributed by atoms with E-state index in [9.17, 15) is 0 Å². The van der Waals surface area contributed by atoms with Gasteiger partial charge in [-0.15, -0.1) is 0 Å². The second kappa shape index (κ2) is 3.73. The summed E-state index contributed by atoms with van der Waals surface area (Å²) in [7, 11) is 0. The van der Waals surface area contributed by atoms with E-state index in [0.29, 0.717) is 4.83 Å². The molecule has 0 aliphatic heterocycles. The van der Waals surface area contributed by atoms with Crippen LogP contribution in [0.5, 0.6) is 0 Å². The first-order chi connectivity index (χ1) is 3.68. The molecule has 0 radical (unpaired) electrons. The quantitative estimate of drug-likeness (QED) is 0.391. The summed E-state index contributed by atoms with van der Waals surface area (Å²) in [4.78, 5) is 0.349. The van der Waals surface area contributed by atoms with Gasteiger partial charge in [-0.25, -0.2) is 0 Å². The van der Waals surface area contributed by atoms with Crippen molar-refractivity contribution >= 4 is 15.9 Å². The van der Waals surface area contributed by atoms with E-state index in [2.05, 4.69) is 21.2 Å². The molecule has 0 rings (SSSR count). The summed E-state index contributed by atoms with van der Waals surface area (Å²) < 4.78 is 0. The highest BCUT2D eigenvalue weighted by Gasteiger charge is 2.04.